The van der Waals surface area contributed by atoms with Gasteiger partial charge in [0.25, 0.3) is 0 Å². The summed E-state index contributed by atoms with van der Waals surface area (Å²) in [4.78, 5) is 14.0. The number of ether oxygens (including phenoxy) is 3. The third-order valence-corrected chi connectivity index (χ3v) is 5.67. The van der Waals surface area contributed by atoms with Gasteiger partial charge in [-0.1, -0.05) is 0 Å². The molecule has 0 unspecified atom stereocenters. The molecule has 0 bridgehead atoms. The van der Waals surface area contributed by atoms with E-state index in [0.29, 0.717) is 18.9 Å². The Morgan fingerprint density at radius 2 is 1.84 bits per heavy atom. The van der Waals surface area contributed by atoms with Crippen LogP contribution in [0.4, 0.5) is 4.79 Å². The van der Waals surface area contributed by atoms with Crippen molar-refractivity contribution in [1.29, 1.82) is 0 Å². The zero-order valence-corrected chi connectivity index (χ0v) is 16.0. The number of hydrogen-bond acceptors (Lipinski definition) is 5. The fraction of sp³-hybridized carbons (Fsp3) is 0.650. The van der Waals surface area contributed by atoms with E-state index in [2.05, 4.69) is 6.92 Å². The van der Waals surface area contributed by atoms with Crippen molar-refractivity contribution in [3.8, 4) is 11.5 Å². The first-order valence-corrected chi connectivity index (χ1v) is 9.14. The summed E-state index contributed by atoms with van der Waals surface area (Å²) in [6.07, 6.45) is 4.96. The van der Waals surface area contributed by atoms with Crippen LogP contribution in [0.1, 0.15) is 47.9 Å². The van der Waals surface area contributed by atoms with Gasteiger partial charge in [-0.2, -0.15) is 0 Å². The molecular formula is C20H29NO4. The average Bonchev–Trinajstić information content (AvgIpc) is 2.54. The molecule has 0 amide bonds. The van der Waals surface area contributed by atoms with Gasteiger partial charge >= 0.3 is 6.16 Å². The minimum atomic E-state index is -0.639. The number of hydrogen-bond donors (Lipinski definition) is 0. The Bertz CT molecular complexity index is 677. The maximum Gasteiger partial charge on any atom is 0.513 e. The Balaban J connectivity index is 1.79. The first kappa shape index (κ1) is 18.1. The molecule has 1 spiro atoms. The highest BCUT2D eigenvalue weighted by molar-refractivity contribution is 5.68. The standard InChI is InChI=1S/C20H29NO4/c1-13-14(2)18-16(7-10-20(25-18)8-6-9-20)15(3)17(13)24-19(22)23-12-11-21(4)5/h6-12H2,1-5H3. The molecule has 138 valence electrons. The molecule has 1 heterocycles. The summed E-state index contributed by atoms with van der Waals surface area (Å²) < 4.78 is 17.2. The minimum Gasteiger partial charge on any atom is -0.487 e. The van der Waals surface area contributed by atoms with E-state index in [9.17, 15) is 4.79 Å². The molecule has 1 aromatic carbocycles. The van der Waals surface area contributed by atoms with Crippen molar-refractivity contribution >= 4 is 6.16 Å². The van der Waals surface area contributed by atoms with Crippen LogP contribution in [-0.2, 0) is 11.2 Å². The van der Waals surface area contributed by atoms with Gasteiger partial charge in [0.05, 0.1) is 0 Å². The molecule has 0 N–H and O–H groups in total. The molecule has 1 saturated carbocycles. The number of nitrogens with zero attached hydrogens (tertiary/aromatic N) is 1. The lowest BCUT2D eigenvalue weighted by Crippen LogP contribution is -2.46. The molecule has 0 atom stereocenters. The highest BCUT2D eigenvalue weighted by Crippen LogP contribution is 2.49. The van der Waals surface area contributed by atoms with Crippen LogP contribution in [0.15, 0.2) is 0 Å². The van der Waals surface area contributed by atoms with Crippen LogP contribution >= 0.6 is 0 Å². The highest BCUT2D eigenvalue weighted by atomic mass is 16.7. The number of benzene rings is 1. The summed E-state index contributed by atoms with van der Waals surface area (Å²) in [5.41, 5.74) is 4.26. The van der Waals surface area contributed by atoms with Crippen LogP contribution in [0.2, 0.25) is 0 Å². The fourth-order valence-electron chi connectivity index (χ4n) is 3.72. The minimum absolute atomic E-state index is 0.0596. The monoisotopic (exact) mass is 347 g/mol. The Labute approximate surface area is 150 Å². The normalized spacial score (nSPS) is 17.7. The number of fused-ring (bicyclic) bond motifs is 1. The Morgan fingerprint density at radius 3 is 2.44 bits per heavy atom. The van der Waals surface area contributed by atoms with E-state index in [0.717, 1.165) is 48.1 Å². The van der Waals surface area contributed by atoms with E-state index in [4.69, 9.17) is 14.2 Å². The van der Waals surface area contributed by atoms with Crippen LogP contribution in [-0.4, -0.2) is 43.9 Å². The van der Waals surface area contributed by atoms with E-state index in [1.807, 2.05) is 32.8 Å². The Hall–Kier alpha value is -1.75. The topological polar surface area (TPSA) is 48.0 Å². The summed E-state index contributed by atoms with van der Waals surface area (Å²) in [7, 11) is 3.87. The molecule has 1 aromatic rings. The second kappa shape index (κ2) is 6.87. The number of rotatable bonds is 4. The van der Waals surface area contributed by atoms with E-state index < -0.39 is 6.16 Å². The maximum atomic E-state index is 12.0. The molecule has 0 aromatic heterocycles. The highest BCUT2D eigenvalue weighted by Gasteiger charge is 2.43. The predicted molar refractivity (Wildman–Crippen MR) is 96.7 cm³/mol. The molecule has 1 fully saturated rings. The lowest BCUT2D eigenvalue weighted by molar-refractivity contribution is -0.0258. The lowest BCUT2D eigenvalue weighted by atomic mass is 9.73. The predicted octanol–water partition coefficient (Wildman–Crippen LogP) is 3.94. The van der Waals surface area contributed by atoms with Gasteiger partial charge in [0.1, 0.15) is 23.7 Å². The van der Waals surface area contributed by atoms with Crippen LogP contribution in [0, 0.1) is 20.8 Å². The zero-order valence-electron chi connectivity index (χ0n) is 16.0. The maximum absolute atomic E-state index is 12.0. The van der Waals surface area contributed by atoms with Gasteiger partial charge in [0.2, 0.25) is 0 Å². The first-order chi connectivity index (χ1) is 11.8. The fourth-order valence-corrected chi connectivity index (χ4v) is 3.72. The number of likely N-dealkylation sites (N-methyl/N-ethyl adjacent to an activating group) is 1. The summed E-state index contributed by atoms with van der Waals surface area (Å²) >= 11 is 0. The molecular weight excluding hydrogens is 318 g/mol. The molecule has 3 rings (SSSR count). The first-order valence-electron chi connectivity index (χ1n) is 9.14. The summed E-state index contributed by atoms with van der Waals surface area (Å²) in [5.74, 6) is 1.63. The number of carbonyl (C=O) groups excluding carboxylic acids is 1. The van der Waals surface area contributed by atoms with Crippen molar-refractivity contribution in [3.63, 3.8) is 0 Å². The van der Waals surface area contributed by atoms with Crippen LogP contribution in [0.5, 0.6) is 11.5 Å². The quantitative estimate of drug-likeness (QED) is 0.610. The van der Waals surface area contributed by atoms with E-state index in [-0.39, 0.29) is 5.60 Å². The van der Waals surface area contributed by atoms with Crippen molar-refractivity contribution < 1.29 is 19.0 Å². The van der Waals surface area contributed by atoms with E-state index in [1.54, 1.807) is 0 Å². The van der Waals surface area contributed by atoms with Crippen LogP contribution in [0.3, 0.4) is 0 Å². The van der Waals surface area contributed by atoms with Crippen molar-refractivity contribution in [1.82, 2.24) is 4.90 Å². The van der Waals surface area contributed by atoms with Gasteiger partial charge in [-0.15, -0.1) is 0 Å². The molecule has 5 heteroatoms. The summed E-state index contributed by atoms with van der Waals surface area (Å²) in [5, 5.41) is 0. The molecule has 25 heavy (non-hydrogen) atoms. The van der Waals surface area contributed by atoms with Gasteiger partial charge in [-0.3, -0.25) is 0 Å². The lowest BCUT2D eigenvalue weighted by Gasteiger charge is -2.46. The Morgan fingerprint density at radius 1 is 1.12 bits per heavy atom. The molecule has 1 aliphatic carbocycles. The largest absolute Gasteiger partial charge is 0.513 e. The van der Waals surface area contributed by atoms with Gasteiger partial charge < -0.3 is 19.1 Å². The Kier molecular flexibility index (Phi) is 4.96. The van der Waals surface area contributed by atoms with E-state index >= 15 is 0 Å². The zero-order chi connectivity index (χ0) is 18.2. The molecule has 1 aliphatic heterocycles. The van der Waals surface area contributed by atoms with Crippen molar-refractivity contribution in [3.05, 3.63) is 22.3 Å². The summed E-state index contributed by atoms with van der Waals surface area (Å²) in [6.45, 7) is 7.04. The van der Waals surface area contributed by atoms with Crippen molar-refractivity contribution in [2.45, 2.75) is 58.5 Å². The molecule has 0 radical (unpaired) electrons. The van der Waals surface area contributed by atoms with Crippen LogP contribution < -0.4 is 9.47 Å². The van der Waals surface area contributed by atoms with Gasteiger partial charge in [-0.05, 0) is 83.7 Å². The molecule has 2 aliphatic rings. The average molecular weight is 347 g/mol. The van der Waals surface area contributed by atoms with Gasteiger partial charge in [0, 0.05) is 12.1 Å². The third kappa shape index (κ3) is 3.47. The smallest absolute Gasteiger partial charge is 0.487 e. The summed E-state index contributed by atoms with van der Waals surface area (Å²) in [6, 6.07) is 0. The van der Waals surface area contributed by atoms with Gasteiger partial charge in [-0.25, -0.2) is 4.79 Å². The molecule has 0 saturated heterocycles. The van der Waals surface area contributed by atoms with E-state index in [1.165, 1.54) is 12.0 Å². The van der Waals surface area contributed by atoms with Gasteiger partial charge in [0.15, 0.2) is 0 Å². The van der Waals surface area contributed by atoms with Crippen LogP contribution in [0.25, 0.3) is 0 Å². The second-order valence-electron chi connectivity index (χ2n) is 7.65. The molecule has 5 nitrogen and oxygen atoms in total. The third-order valence-electron chi connectivity index (χ3n) is 5.67. The SMILES string of the molecule is Cc1c(C)c2c(c(C)c1OC(=O)OCCN(C)C)CCC1(CCC1)O2. The van der Waals surface area contributed by atoms with Crippen molar-refractivity contribution in [2.75, 3.05) is 27.2 Å². The number of carbonyl (C=O) groups is 1. The van der Waals surface area contributed by atoms with Crippen molar-refractivity contribution in [2.24, 2.45) is 0 Å². The second-order valence-corrected chi connectivity index (χ2v) is 7.65.